The maximum atomic E-state index is 15.3. The Morgan fingerprint density at radius 3 is 2.38 bits per heavy atom. The number of alkyl halides is 2. The van der Waals surface area contributed by atoms with Crippen LogP contribution in [0.4, 0.5) is 26.3 Å². The van der Waals surface area contributed by atoms with E-state index in [1.165, 1.54) is 13.8 Å². The molecule has 2 aromatic carbocycles. The van der Waals surface area contributed by atoms with Crippen molar-refractivity contribution in [2.24, 2.45) is 0 Å². The average molecular weight is 546 g/mol. The van der Waals surface area contributed by atoms with E-state index >= 15 is 13.2 Å². The van der Waals surface area contributed by atoms with Crippen LogP contribution in [0.15, 0.2) is 33.7 Å². The number of imidazole rings is 1. The second-order valence-corrected chi connectivity index (χ2v) is 10.5. The first-order valence-electron chi connectivity index (χ1n) is 10.7. The van der Waals surface area contributed by atoms with Crippen LogP contribution in [0.1, 0.15) is 18.2 Å². The van der Waals surface area contributed by atoms with Crippen LogP contribution < -0.4 is 10.4 Å². The number of benzene rings is 2. The molecule has 0 radical (unpaired) electrons. The molecule has 5 rings (SSSR count). The van der Waals surface area contributed by atoms with Crippen molar-refractivity contribution in [3.05, 3.63) is 69.4 Å². The summed E-state index contributed by atoms with van der Waals surface area (Å²) in [5, 5.41) is 3.23. The van der Waals surface area contributed by atoms with Gasteiger partial charge in [0.15, 0.2) is 11.4 Å². The Balaban J connectivity index is 1.73. The van der Waals surface area contributed by atoms with Crippen LogP contribution in [0.2, 0.25) is 0 Å². The summed E-state index contributed by atoms with van der Waals surface area (Å²) >= 11 is 0. The Kier molecular flexibility index (Phi) is 5.56. The van der Waals surface area contributed by atoms with Crippen molar-refractivity contribution < 1.29 is 39.3 Å². The van der Waals surface area contributed by atoms with Crippen LogP contribution in [-0.2, 0) is 22.5 Å². The average Bonchev–Trinajstić information content (AvgIpc) is 3.42. The quantitative estimate of drug-likeness (QED) is 0.385. The van der Waals surface area contributed by atoms with Gasteiger partial charge in [0.05, 0.1) is 23.2 Å². The van der Waals surface area contributed by atoms with Gasteiger partial charge in [-0.15, -0.1) is 0 Å². The Labute approximate surface area is 204 Å². The molecule has 0 bridgehead atoms. The minimum Gasteiger partial charge on any atom is -0.354 e. The summed E-state index contributed by atoms with van der Waals surface area (Å²) in [6.07, 6.45) is 0.665. The van der Waals surface area contributed by atoms with Gasteiger partial charge < -0.3 is 4.52 Å². The summed E-state index contributed by atoms with van der Waals surface area (Å²) < 4.78 is 120. The lowest BCUT2D eigenvalue weighted by molar-refractivity contribution is -0.0248. The van der Waals surface area contributed by atoms with E-state index in [1.807, 2.05) is 4.72 Å². The zero-order chi connectivity index (χ0) is 27.0. The molecule has 0 spiro atoms. The molecule has 3 heterocycles. The van der Waals surface area contributed by atoms with Crippen molar-refractivity contribution in [1.29, 1.82) is 0 Å². The minimum atomic E-state index is -4.04. The highest BCUT2D eigenvalue weighted by atomic mass is 32.2. The molecule has 2 aromatic heterocycles. The van der Waals surface area contributed by atoms with E-state index in [4.69, 9.17) is 4.52 Å². The maximum Gasteiger partial charge on any atom is 0.334 e. The van der Waals surface area contributed by atoms with Gasteiger partial charge in [-0.1, -0.05) is 5.16 Å². The van der Waals surface area contributed by atoms with Crippen LogP contribution in [0.5, 0.6) is 0 Å². The van der Waals surface area contributed by atoms with Crippen molar-refractivity contribution in [2.75, 3.05) is 5.75 Å². The van der Waals surface area contributed by atoms with Crippen LogP contribution in [0.3, 0.4) is 0 Å². The first-order valence-corrected chi connectivity index (χ1v) is 12.4. The number of aryl methyl sites for hydroxylation is 1. The van der Waals surface area contributed by atoms with Crippen molar-refractivity contribution in [3.63, 3.8) is 0 Å². The first kappa shape index (κ1) is 25.1. The highest BCUT2D eigenvalue weighted by Crippen LogP contribution is 2.41. The van der Waals surface area contributed by atoms with E-state index in [9.17, 15) is 26.4 Å². The number of nitrogens with one attached hydrogen (secondary N) is 1. The topological polar surface area (TPSA) is 99.1 Å². The minimum absolute atomic E-state index is 0.127. The number of halogens is 6. The summed E-state index contributed by atoms with van der Waals surface area (Å²) in [4.78, 5) is 13.1. The molecule has 1 aliphatic rings. The molecule has 8 nitrogen and oxygen atoms in total. The summed E-state index contributed by atoms with van der Waals surface area (Å²) in [5.74, 6) is -10.2. The zero-order valence-corrected chi connectivity index (χ0v) is 19.8. The number of hydrogen-bond acceptors (Lipinski definition) is 5. The lowest BCUT2D eigenvalue weighted by Crippen LogP contribution is -2.45. The van der Waals surface area contributed by atoms with E-state index in [2.05, 4.69) is 5.16 Å². The van der Waals surface area contributed by atoms with E-state index < -0.39 is 91.3 Å². The van der Waals surface area contributed by atoms with Crippen LogP contribution in [-0.4, -0.2) is 34.5 Å². The Morgan fingerprint density at radius 1 is 1.14 bits per heavy atom. The molecule has 1 aliphatic heterocycles. The van der Waals surface area contributed by atoms with Gasteiger partial charge in [0, 0.05) is 23.9 Å². The summed E-state index contributed by atoms with van der Waals surface area (Å²) in [7, 11) is -4.04. The first-order chi connectivity index (χ1) is 17.3. The Bertz CT molecular complexity index is 1740. The third-order valence-electron chi connectivity index (χ3n) is 6.17. The van der Waals surface area contributed by atoms with E-state index in [0.717, 1.165) is 6.07 Å². The molecule has 37 heavy (non-hydrogen) atoms. The molecule has 0 saturated heterocycles. The lowest BCUT2D eigenvalue weighted by atomic mass is 9.97. The normalized spacial score (nSPS) is 17.0. The predicted molar refractivity (Wildman–Crippen MR) is 118 cm³/mol. The number of nitrogens with zero attached hydrogens (tertiary/aromatic N) is 3. The highest BCUT2D eigenvalue weighted by Gasteiger charge is 2.52. The summed E-state index contributed by atoms with van der Waals surface area (Å²) in [6.45, 7) is 1.78. The monoisotopic (exact) mass is 546 g/mol. The molecule has 0 saturated carbocycles. The van der Waals surface area contributed by atoms with Gasteiger partial charge in [-0.25, -0.2) is 40.1 Å². The van der Waals surface area contributed by atoms with Gasteiger partial charge in [-0.05, 0) is 25.5 Å². The zero-order valence-electron chi connectivity index (χ0n) is 19.0. The van der Waals surface area contributed by atoms with Gasteiger partial charge in [-0.2, -0.15) is 8.78 Å². The van der Waals surface area contributed by atoms with E-state index in [1.54, 1.807) is 0 Å². The van der Waals surface area contributed by atoms with Gasteiger partial charge in [-0.3, -0.25) is 4.57 Å². The summed E-state index contributed by atoms with van der Waals surface area (Å²) in [5.41, 5.74) is -4.07. The highest BCUT2D eigenvalue weighted by molar-refractivity contribution is 7.89. The molecule has 4 aromatic rings. The summed E-state index contributed by atoms with van der Waals surface area (Å²) in [6, 6.07) is -0.155. The second-order valence-electron chi connectivity index (χ2n) is 8.48. The smallest absolute Gasteiger partial charge is 0.334 e. The number of hydrogen-bond donors (Lipinski definition) is 1. The second kappa shape index (κ2) is 8.21. The third-order valence-corrected chi connectivity index (χ3v) is 7.58. The van der Waals surface area contributed by atoms with Crippen molar-refractivity contribution in [1.82, 2.24) is 19.0 Å². The molecule has 15 heteroatoms. The fourth-order valence-corrected chi connectivity index (χ4v) is 5.16. The Morgan fingerprint density at radius 2 is 1.78 bits per heavy atom. The van der Waals surface area contributed by atoms with Crippen molar-refractivity contribution >= 4 is 21.0 Å². The molecule has 0 unspecified atom stereocenters. The largest absolute Gasteiger partial charge is 0.354 e. The molecule has 196 valence electrons. The molecular formula is C22H16F6N4O4S. The maximum absolute atomic E-state index is 15.3. The standard InChI is InChI=1S/C22H16F6N4O4S/c1-3-37(34,35)30-14-7-31-15(22(14,27)28)8-32(21(31)33)20-17-13(36-29-20)4-9(2)19(26)18(17)16-11(24)5-10(23)6-12(16)25/h4-6,8,14,30H,3,7H2,1-2H3/t14-/m1/s1. The predicted octanol–water partition coefficient (Wildman–Crippen LogP) is 3.73. The van der Waals surface area contributed by atoms with Crippen molar-refractivity contribution in [2.45, 2.75) is 32.4 Å². The van der Waals surface area contributed by atoms with E-state index in [0.29, 0.717) is 27.5 Å². The molecule has 1 atom stereocenters. The fraction of sp³-hybridized carbons (Fsp3) is 0.273. The molecule has 1 N–H and O–H groups in total. The number of rotatable bonds is 5. The fourth-order valence-electron chi connectivity index (χ4n) is 4.34. The van der Waals surface area contributed by atoms with Crippen LogP contribution in [0.25, 0.3) is 27.9 Å². The van der Waals surface area contributed by atoms with Crippen LogP contribution >= 0.6 is 0 Å². The SMILES string of the molecule is CCS(=O)(=O)N[C@@H]1Cn2c(cn(-c3noc4cc(C)c(F)c(-c5c(F)cc(F)cc5F)c34)c2=O)C1(F)F. The Hall–Kier alpha value is -3.59. The van der Waals surface area contributed by atoms with E-state index in [-0.39, 0.29) is 11.1 Å². The molecule has 0 amide bonds. The van der Waals surface area contributed by atoms with Crippen molar-refractivity contribution in [3.8, 4) is 16.9 Å². The molecular weight excluding hydrogens is 530 g/mol. The third kappa shape index (κ3) is 3.75. The van der Waals surface area contributed by atoms with Gasteiger partial charge in [0.2, 0.25) is 10.0 Å². The van der Waals surface area contributed by atoms with Gasteiger partial charge in [0.25, 0.3) is 0 Å². The number of aromatic nitrogens is 3. The van der Waals surface area contributed by atoms with Gasteiger partial charge in [0.1, 0.15) is 35.0 Å². The molecule has 0 fully saturated rings. The lowest BCUT2D eigenvalue weighted by Gasteiger charge is -2.19. The molecule has 0 aliphatic carbocycles. The van der Waals surface area contributed by atoms with Gasteiger partial charge >= 0.3 is 11.6 Å². The number of sulfonamides is 1. The number of fused-ring (bicyclic) bond motifs is 2. The van der Waals surface area contributed by atoms with Crippen LogP contribution in [0, 0.1) is 30.2 Å².